The molecule has 0 saturated carbocycles. The Labute approximate surface area is 187 Å². The van der Waals surface area contributed by atoms with Crippen molar-refractivity contribution in [3.63, 3.8) is 0 Å². The summed E-state index contributed by atoms with van der Waals surface area (Å²) in [7, 11) is 2.10. The van der Waals surface area contributed by atoms with Gasteiger partial charge in [0.2, 0.25) is 0 Å². The molecule has 164 valence electrons. The summed E-state index contributed by atoms with van der Waals surface area (Å²) in [6.45, 7) is 6.12. The van der Waals surface area contributed by atoms with Gasteiger partial charge in [-0.25, -0.2) is 9.97 Å². The Kier molecular flexibility index (Phi) is 5.49. The van der Waals surface area contributed by atoms with Crippen LogP contribution in [0, 0.1) is 6.92 Å². The highest BCUT2D eigenvalue weighted by atomic mass is 16.2. The van der Waals surface area contributed by atoms with Crippen LogP contribution in [0.15, 0.2) is 60.9 Å². The second kappa shape index (κ2) is 8.59. The number of rotatable bonds is 4. The van der Waals surface area contributed by atoms with Crippen molar-refractivity contribution in [3.05, 3.63) is 78.0 Å². The van der Waals surface area contributed by atoms with Gasteiger partial charge < -0.3 is 14.4 Å². The molecule has 0 atom stereocenters. The van der Waals surface area contributed by atoms with Crippen molar-refractivity contribution in [3.8, 4) is 11.5 Å². The number of likely N-dealkylation sites (N-methyl/N-ethyl adjacent to an activating group) is 1. The zero-order valence-electron chi connectivity index (χ0n) is 18.6. The number of hydrogen-bond donors (Lipinski definition) is 0. The minimum atomic E-state index is -0.00399. The van der Waals surface area contributed by atoms with Crippen molar-refractivity contribution in [2.75, 3.05) is 33.2 Å². The Hall–Kier alpha value is -3.45. The zero-order chi connectivity index (χ0) is 22.1. The normalized spacial score (nSPS) is 15.2. The van der Waals surface area contributed by atoms with E-state index in [9.17, 15) is 4.79 Å². The fourth-order valence-electron chi connectivity index (χ4n) is 4.33. The van der Waals surface area contributed by atoms with Crippen LogP contribution in [0.1, 0.15) is 28.3 Å². The van der Waals surface area contributed by atoms with Gasteiger partial charge in [0.05, 0.1) is 5.52 Å². The van der Waals surface area contributed by atoms with Crippen LogP contribution >= 0.6 is 0 Å². The Morgan fingerprint density at radius 3 is 2.62 bits per heavy atom. The first-order chi connectivity index (χ1) is 15.6. The average molecular weight is 429 g/mol. The number of benzene rings is 1. The lowest BCUT2D eigenvalue weighted by atomic mass is 10.2. The second-order valence-electron chi connectivity index (χ2n) is 8.48. The molecule has 0 spiro atoms. The highest BCUT2D eigenvalue weighted by Crippen LogP contribution is 2.24. The smallest absolute Gasteiger partial charge is 0.274 e. The third kappa shape index (κ3) is 3.91. The lowest BCUT2D eigenvalue weighted by Crippen LogP contribution is -2.34. The largest absolute Gasteiger partial charge is 0.336 e. The van der Waals surface area contributed by atoms with Crippen molar-refractivity contribution in [1.29, 1.82) is 0 Å². The molecular weight excluding hydrogens is 400 g/mol. The molecule has 4 heterocycles. The van der Waals surface area contributed by atoms with Crippen molar-refractivity contribution < 1.29 is 4.79 Å². The monoisotopic (exact) mass is 428 g/mol. The SMILES string of the molecule is Cc1nc(-c2nc(C(=O)N3CCCN(C)CC3)c3ccccn23)cn1Cc1ccccc1. The Morgan fingerprint density at radius 1 is 0.969 bits per heavy atom. The van der Waals surface area contributed by atoms with Crippen molar-refractivity contribution in [2.24, 2.45) is 0 Å². The molecule has 0 bridgehead atoms. The molecule has 32 heavy (non-hydrogen) atoms. The fraction of sp³-hybridized carbons (Fsp3) is 0.320. The molecule has 1 aliphatic heterocycles. The maximum atomic E-state index is 13.4. The first-order valence-corrected chi connectivity index (χ1v) is 11.1. The Balaban J connectivity index is 1.51. The number of hydrogen-bond acceptors (Lipinski definition) is 4. The molecule has 1 fully saturated rings. The van der Waals surface area contributed by atoms with Crippen LogP contribution in [-0.2, 0) is 6.54 Å². The number of nitrogens with zero attached hydrogens (tertiary/aromatic N) is 6. The lowest BCUT2D eigenvalue weighted by Gasteiger charge is -2.19. The highest BCUT2D eigenvalue weighted by molar-refractivity contribution is 6.00. The molecule has 0 unspecified atom stereocenters. The third-order valence-electron chi connectivity index (χ3n) is 6.16. The summed E-state index contributed by atoms with van der Waals surface area (Å²) in [6, 6.07) is 16.2. The van der Waals surface area contributed by atoms with E-state index in [2.05, 4.69) is 28.6 Å². The summed E-state index contributed by atoms with van der Waals surface area (Å²) in [4.78, 5) is 27.3. The van der Waals surface area contributed by atoms with E-state index in [0.717, 1.165) is 56.2 Å². The van der Waals surface area contributed by atoms with Crippen molar-refractivity contribution in [1.82, 2.24) is 28.7 Å². The number of fused-ring (bicyclic) bond motifs is 1. The number of aryl methyl sites for hydroxylation is 1. The van der Waals surface area contributed by atoms with Gasteiger partial charge in [0.1, 0.15) is 11.5 Å². The Bertz CT molecular complexity index is 1240. The van der Waals surface area contributed by atoms with Crippen LogP contribution in [0.25, 0.3) is 17.0 Å². The van der Waals surface area contributed by atoms with E-state index in [1.54, 1.807) is 0 Å². The highest BCUT2D eigenvalue weighted by Gasteiger charge is 2.25. The molecular formula is C25H28N6O. The maximum absolute atomic E-state index is 13.4. The van der Waals surface area contributed by atoms with Crippen LogP contribution in [0.4, 0.5) is 0 Å². The van der Waals surface area contributed by atoms with Gasteiger partial charge in [0.25, 0.3) is 5.91 Å². The molecule has 1 amide bonds. The maximum Gasteiger partial charge on any atom is 0.274 e. The average Bonchev–Trinajstić information content (AvgIpc) is 3.28. The number of pyridine rings is 1. The van der Waals surface area contributed by atoms with E-state index in [0.29, 0.717) is 11.5 Å². The van der Waals surface area contributed by atoms with Crippen LogP contribution in [0.5, 0.6) is 0 Å². The van der Waals surface area contributed by atoms with Crippen LogP contribution in [0.3, 0.4) is 0 Å². The molecule has 1 aromatic carbocycles. The zero-order valence-corrected chi connectivity index (χ0v) is 18.6. The van der Waals surface area contributed by atoms with Gasteiger partial charge in [-0.3, -0.25) is 9.20 Å². The standard InChI is InChI=1S/C25H28N6O/c1-19-26-21(18-30(19)17-20-9-4-3-5-10-20)24-27-23(22-11-6-7-14-31(22)24)25(32)29-13-8-12-28(2)15-16-29/h3-7,9-11,14,18H,8,12-13,15-17H2,1-2H3. The molecule has 5 rings (SSSR count). The van der Waals surface area contributed by atoms with Crippen molar-refractivity contribution in [2.45, 2.75) is 19.9 Å². The fourth-order valence-corrected chi connectivity index (χ4v) is 4.33. The topological polar surface area (TPSA) is 58.7 Å². The number of imidazole rings is 2. The van der Waals surface area contributed by atoms with Gasteiger partial charge in [-0.1, -0.05) is 36.4 Å². The molecule has 0 N–H and O–H groups in total. The minimum absolute atomic E-state index is 0.00399. The number of carbonyl (C=O) groups excluding carboxylic acids is 1. The van der Waals surface area contributed by atoms with Crippen LogP contribution in [-0.4, -0.2) is 67.9 Å². The summed E-state index contributed by atoms with van der Waals surface area (Å²) < 4.78 is 4.10. The number of carbonyl (C=O) groups is 1. The van der Waals surface area contributed by atoms with Gasteiger partial charge in [-0.15, -0.1) is 0 Å². The molecule has 1 saturated heterocycles. The molecule has 1 aliphatic rings. The predicted octanol–water partition coefficient (Wildman–Crippen LogP) is 3.33. The molecule has 4 aromatic rings. The second-order valence-corrected chi connectivity index (χ2v) is 8.48. The molecule has 0 aliphatic carbocycles. The van der Waals surface area contributed by atoms with E-state index in [4.69, 9.17) is 9.97 Å². The predicted molar refractivity (Wildman–Crippen MR) is 125 cm³/mol. The Morgan fingerprint density at radius 2 is 1.78 bits per heavy atom. The molecule has 0 radical (unpaired) electrons. The first-order valence-electron chi connectivity index (χ1n) is 11.1. The summed E-state index contributed by atoms with van der Waals surface area (Å²) >= 11 is 0. The molecule has 7 heteroatoms. The van der Waals surface area contributed by atoms with Gasteiger partial charge in [-0.2, -0.15) is 0 Å². The van der Waals surface area contributed by atoms with E-state index in [1.165, 1.54) is 5.56 Å². The van der Waals surface area contributed by atoms with Gasteiger partial charge in [-0.05, 0) is 44.6 Å². The van der Waals surface area contributed by atoms with Gasteiger partial charge in [0, 0.05) is 38.6 Å². The molecule has 3 aromatic heterocycles. The van der Waals surface area contributed by atoms with Gasteiger partial charge in [0.15, 0.2) is 11.5 Å². The molecule has 7 nitrogen and oxygen atoms in total. The lowest BCUT2D eigenvalue weighted by molar-refractivity contribution is 0.0759. The summed E-state index contributed by atoms with van der Waals surface area (Å²) in [5, 5.41) is 0. The van der Waals surface area contributed by atoms with Crippen molar-refractivity contribution >= 4 is 11.4 Å². The van der Waals surface area contributed by atoms with E-state index >= 15 is 0 Å². The van der Waals surface area contributed by atoms with Gasteiger partial charge >= 0.3 is 0 Å². The summed E-state index contributed by atoms with van der Waals surface area (Å²) in [5.74, 6) is 1.61. The quantitative estimate of drug-likeness (QED) is 0.500. The van der Waals surface area contributed by atoms with E-state index < -0.39 is 0 Å². The third-order valence-corrected chi connectivity index (χ3v) is 6.16. The summed E-state index contributed by atoms with van der Waals surface area (Å²) in [6.07, 6.45) is 4.96. The number of aromatic nitrogens is 4. The van der Waals surface area contributed by atoms with Crippen LogP contribution in [0.2, 0.25) is 0 Å². The van der Waals surface area contributed by atoms with E-state index in [1.807, 2.05) is 65.0 Å². The first kappa shape index (κ1) is 20.5. The van der Waals surface area contributed by atoms with Crippen LogP contribution < -0.4 is 0 Å². The minimum Gasteiger partial charge on any atom is -0.336 e. The van der Waals surface area contributed by atoms with E-state index in [-0.39, 0.29) is 5.91 Å². The number of amides is 1. The summed E-state index contributed by atoms with van der Waals surface area (Å²) in [5.41, 5.74) is 3.31.